The van der Waals surface area contributed by atoms with Crippen LogP contribution in [0.2, 0.25) is 0 Å². The van der Waals surface area contributed by atoms with Crippen LogP contribution in [0.1, 0.15) is 35.7 Å². The molecule has 0 aliphatic carbocycles. The summed E-state index contributed by atoms with van der Waals surface area (Å²) in [6.45, 7) is 11.0. The van der Waals surface area contributed by atoms with Gasteiger partial charge in [-0.3, -0.25) is 4.79 Å². The number of piperazine rings is 1. The summed E-state index contributed by atoms with van der Waals surface area (Å²) in [5.41, 5.74) is 7.99. The second kappa shape index (κ2) is 10.7. The van der Waals surface area contributed by atoms with Crippen LogP contribution in [0.3, 0.4) is 0 Å². The van der Waals surface area contributed by atoms with Gasteiger partial charge >= 0.3 is 0 Å². The molecule has 0 N–H and O–H groups in total. The number of carbonyl (C=O) groups excluding carboxylic acids is 1. The molecule has 0 atom stereocenters. The molecule has 1 fully saturated rings. The molecule has 4 rings (SSSR count). The van der Waals surface area contributed by atoms with E-state index in [1.165, 1.54) is 16.7 Å². The molecular weight excluding hydrogens is 420 g/mol. The quantitative estimate of drug-likeness (QED) is 0.509. The van der Waals surface area contributed by atoms with Crippen LogP contribution in [0.5, 0.6) is 0 Å². The monoisotopic (exact) mass is 454 g/mol. The summed E-state index contributed by atoms with van der Waals surface area (Å²) >= 11 is 0. The topological polar surface area (TPSA) is 52.3 Å². The number of nitrogens with zero attached hydrogens (tertiary/aromatic N) is 4. The first-order chi connectivity index (χ1) is 16.5. The third kappa shape index (κ3) is 5.24. The summed E-state index contributed by atoms with van der Waals surface area (Å²) in [5, 5.41) is 9.03. The predicted molar refractivity (Wildman–Crippen MR) is 137 cm³/mol. The molecule has 2 heterocycles. The number of aryl methyl sites for hydroxylation is 3. The SMILES string of the molecule is CCN1CCN(C(=O)CCc2ccc(-c3ccc(C)cc3C)n2-c2ccc(CC#N)cc2)CC1. The molecule has 0 spiro atoms. The van der Waals surface area contributed by atoms with Crippen molar-refractivity contribution < 1.29 is 4.79 Å². The second-order valence-corrected chi connectivity index (χ2v) is 9.18. The normalized spacial score (nSPS) is 14.2. The van der Waals surface area contributed by atoms with E-state index in [9.17, 15) is 4.79 Å². The van der Waals surface area contributed by atoms with Crippen molar-refractivity contribution in [2.45, 2.75) is 40.0 Å². The molecule has 2 aromatic carbocycles. The molecule has 1 aliphatic rings. The van der Waals surface area contributed by atoms with Crippen LogP contribution >= 0.6 is 0 Å². The molecule has 34 heavy (non-hydrogen) atoms. The molecule has 1 saturated heterocycles. The Morgan fingerprint density at radius 2 is 1.71 bits per heavy atom. The van der Waals surface area contributed by atoms with E-state index in [0.29, 0.717) is 19.3 Å². The summed E-state index contributed by atoms with van der Waals surface area (Å²) in [4.78, 5) is 17.4. The third-order valence-corrected chi connectivity index (χ3v) is 6.86. The average Bonchev–Trinajstić information content (AvgIpc) is 3.27. The Morgan fingerprint density at radius 1 is 0.971 bits per heavy atom. The smallest absolute Gasteiger partial charge is 0.223 e. The van der Waals surface area contributed by atoms with Crippen molar-refractivity contribution in [2.75, 3.05) is 32.7 Å². The standard InChI is InChI=1S/C29H34N4O/c1-4-31-17-19-32(20-18-31)29(34)14-11-26-10-13-28(27-12-5-22(2)21-23(27)3)33(26)25-8-6-24(7-9-25)15-16-30/h5-10,12-13,21H,4,11,14-15,17-20H2,1-3H3. The zero-order valence-corrected chi connectivity index (χ0v) is 20.6. The number of carbonyl (C=O) groups is 1. The summed E-state index contributed by atoms with van der Waals surface area (Å²) in [5.74, 6) is 0.237. The highest BCUT2D eigenvalue weighted by molar-refractivity contribution is 5.77. The Kier molecular flexibility index (Phi) is 7.49. The van der Waals surface area contributed by atoms with Gasteiger partial charge in [0.2, 0.25) is 5.91 Å². The highest BCUT2D eigenvalue weighted by Crippen LogP contribution is 2.30. The van der Waals surface area contributed by atoms with Crippen molar-refractivity contribution in [1.82, 2.24) is 14.4 Å². The first-order valence-corrected chi connectivity index (χ1v) is 12.2. The van der Waals surface area contributed by atoms with Crippen LogP contribution in [0.15, 0.2) is 54.6 Å². The molecule has 3 aromatic rings. The van der Waals surface area contributed by atoms with Gasteiger partial charge in [0.15, 0.2) is 0 Å². The minimum Gasteiger partial charge on any atom is -0.340 e. The van der Waals surface area contributed by atoms with Crippen LogP contribution in [-0.2, 0) is 17.6 Å². The van der Waals surface area contributed by atoms with Crippen molar-refractivity contribution in [3.05, 3.63) is 77.0 Å². The fourth-order valence-corrected chi connectivity index (χ4v) is 4.85. The van der Waals surface area contributed by atoms with Crippen molar-refractivity contribution >= 4 is 5.91 Å². The van der Waals surface area contributed by atoms with E-state index in [0.717, 1.165) is 55.4 Å². The van der Waals surface area contributed by atoms with Crippen LogP contribution in [0, 0.1) is 25.2 Å². The minimum absolute atomic E-state index is 0.237. The van der Waals surface area contributed by atoms with E-state index in [-0.39, 0.29) is 5.91 Å². The maximum atomic E-state index is 13.0. The molecule has 1 aromatic heterocycles. The third-order valence-electron chi connectivity index (χ3n) is 6.86. The van der Waals surface area contributed by atoms with E-state index in [1.807, 2.05) is 17.0 Å². The lowest BCUT2D eigenvalue weighted by atomic mass is 10.0. The fraction of sp³-hybridized carbons (Fsp3) is 0.379. The van der Waals surface area contributed by atoms with E-state index in [2.05, 4.69) is 78.8 Å². The number of nitriles is 1. The molecule has 0 saturated carbocycles. The first kappa shape index (κ1) is 23.8. The summed E-state index contributed by atoms with van der Waals surface area (Å²) in [6.07, 6.45) is 1.61. The fourth-order valence-electron chi connectivity index (χ4n) is 4.85. The van der Waals surface area contributed by atoms with Gasteiger partial charge in [-0.05, 0) is 62.2 Å². The number of rotatable bonds is 7. The highest BCUT2D eigenvalue weighted by Gasteiger charge is 2.21. The lowest BCUT2D eigenvalue weighted by Crippen LogP contribution is -2.48. The minimum atomic E-state index is 0.237. The van der Waals surface area contributed by atoms with Crippen LogP contribution in [0.4, 0.5) is 0 Å². The van der Waals surface area contributed by atoms with E-state index in [1.54, 1.807) is 0 Å². The molecule has 1 aliphatic heterocycles. The van der Waals surface area contributed by atoms with Gasteiger partial charge < -0.3 is 14.4 Å². The molecule has 1 amide bonds. The van der Waals surface area contributed by atoms with Gasteiger partial charge in [0.05, 0.1) is 18.2 Å². The molecule has 5 heteroatoms. The van der Waals surface area contributed by atoms with Gasteiger partial charge in [-0.1, -0.05) is 42.8 Å². The Balaban J connectivity index is 1.61. The van der Waals surface area contributed by atoms with Gasteiger partial charge in [0.25, 0.3) is 0 Å². The largest absolute Gasteiger partial charge is 0.340 e. The first-order valence-electron chi connectivity index (χ1n) is 12.2. The zero-order chi connectivity index (χ0) is 24.1. The number of hydrogen-bond donors (Lipinski definition) is 0. The molecule has 5 nitrogen and oxygen atoms in total. The van der Waals surface area contributed by atoms with Crippen molar-refractivity contribution in [3.8, 4) is 23.0 Å². The molecule has 0 radical (unpaired) electrons. The summed E-state index contributed by atoms with van der Waals surface area (Å²) in [6, 6.07) is 21.3. The van der Waals surface area contributed by atoms with Gasteiger partial charge in [0, 0.05) is 49.5 Å². The van der Waals surface area contributed by atoms with Gasteiger partial charge in [0.1, 0.15) is 0 Å². The Bertz CT molecular complexity index is 1180. The van der Waals surface area contributed by atoms with Gasteiger partial charge in [-0.15, -0.1) is 0 Å². The number of hydrogen-bond acceptors (Lipinski definition) is 3. The average molecular weight is 455 g/mol. The predicted octanol–water partition coefficient (Wildman–Crippen LogP) is 4.92. The number of likely N-dealkylation sites (N-methyl/N-ethyl adjacent to an activating group) is 1. The molecule has 176 valence electrons. The van der Waals surface area contributed by atoms with Crippen LogP contribution in [-0.4, -0.2) is 53.0 Å². The summed E-state index contributed by atoms with van der Waals surface area (Å²) < 4.78 is 2.27. The van der Waals surface area contributed by atoms with E-state index in [4.69, 9.17) is 5.26 Å². The van der Waals surface area contributed by atoms with Crippen molar-refractivity contribution in [1.29, 1.82) is 5.26 Å². The maximum absolute atomic E-state index is 13.0. The lowest BCUT2D eigenvalue weighted by Gasteiger charge is -2.34. The Labute approximate surface area is 203 Å². The highest BCUT2D eigenvalue weighted by atomic mass is 16.2. The van der Waals surface area contributed by atoms with E-state index >= 15 is 0 Å². The van der Waals surface area contributed by atoms with E-state index < -0.39 is 0 Å². The zero-order valence-electron chi connectivity index (χ0n) is 20.6. The maximum Gasteiger partial charge on any atom is 0.223 e. The van der Waals surface area contributed by atoms with Crippen molar-refractivity contribution in [3.63, 3.8) is 0 Å². The molecular formula is C29H34N4O. The van der Waals surface area contributed by atoms with Crippen molar-refractivity contribution in [2.24, 2.45) is 0 Å². The molecule has 0 unspecified atom stereocenters. The van der Waals surface area contributed by atoms with Crippen LogP contribution in [0.25, 0.3) is 16.9 Å². The Morgan fingerprint density at radius 3 is 2.35 bits per heavy atom. The van der Waals surface area contributed by atoms with Gasteiger partial charge in [-0.25, -0.2) is 0 Å². The van der Waals surface area contributed by atoms with Crippen LogP contribution < -0.4 is 0 Å². The molecule has 0 bridgehead atoms. The lowest BCUT2D eigenvalue weighted by molar-refractivity contribution is -0.132. The van der Waals surface area contributed by atoms with Gasteiger partial charge in [-0.2, -0.15) is 5.26 Å². The second-order valence-electron chi connectivity index (χ2n) is 9.18. The Hall–Kier alpha value is -3.36. The number of aromatic nitrogens is 1. The number of benzene rings is 2. The number of amides is 1. The summed E-state index contributed by atoms with van der Waals surface area (Å²) in [7, 11) is 0.